The summed E-state index contributed by atoms with van der Waals surface area (Å²) < 4.78 is 0. The predicted molar refractivity (Wildman–Crippen MR) is 73.6 cm³/mol. The van der Waals surface area contributed by atoms with Crippen LogP contribution in [0.15, 0.2) is 63.7 Å². The van der Waals surface area contributed by atoms with Gasteiger partial charge in [0.1, 0.15) is 0 Å². The SMILES string of the molecule is CSc1ccc(N=Nc2ccc(C#N)cc2)cc1. The van der Waals surface area contributed by atoms with Crippen molar-refractivity contribution < 1.29 is 0 Å². The lowest BCUT2D eigenvalue weighted by atomic mass is 10.2. The van der Waals surface area contributed by atoms with Crippen LogP contribution in [0, 0.1) is 11.3 Å². The minimum Gasteiger partial charge on any atom is -0.192 e. The second kappa shape index (κ2) is 5.99. The van der Waals surface area contributed by atoms with E-state index in [-0.39, 0.29) is 0 Å². The van der Waals surface area contributed by atoms with Crippen LogP contribution in [-0.2, 0) is 0 Å². The zero-order chi connectivity index (χ0) is 12.8. The molecule has 3 nitrogen and oxygen atoms in total. The Kier molecular flexibility index (Phi) is 4.11. The molecule has 0 heterocycles. The van der Waals surface area contributed by atoms with Gasteiger partial charge < -0.3 is 0 Å². The fraction of sp³-hybridized carbons (Fsp3) is 0.0714. The molecule has 18 heavy (non-hydrogen) atoms. The van der Waals surface area contributed by atoms with E-state index in [2.05, 4.69) is 16.3 Å². The number of azo groups is 1. The molecule has 2 rings (SSSR count). The quantitative estimate of drug-likeness (QED) is 0.588. The molecule has 0 aromatic heterocycles. The molecule has 0 spiro atoms. The maximum absolute atomic E-state index is 8.68. The number of benzene rings is 2. The maximum Gasteiger partial charge on any atom is 0.0991 e. The summed E-state index contributed by atoms with van der Waals surface area (Å²) in [5.74, 6) is 0. The third-order valence-electron chi connectivity index (χ3n) is 2.35. The van der Waals surface area contributed by atoms with Gasteiger partial charge in [-0.15, -0.1) is 11.8 Å². The fourth-order valence-corrected chi connectivity index (χ4v) is 1.78. The molecule has 0 unspecified atom stereocenters. The van der Waals surface area contributed by atoms with Crippen LogP contribution in [0.3, 0.4) is 0 Å². The maximum atomic E-state index is 8.68. The first-order valence-corrected chi connectivity index (χ1v) is 6.60. The summed E-state index contributed by atoms with van der Waals surface area (Å²) in [5, 5.41) is 16.9. The summed E-state index contributed by atoms with van der Waals surface area (Å²) in [6.07, 6.45) is 2.03. The van der Waals surface area contributed by atoms with E-state index in [9.17, 15) is 0 Å². The Bertz CT molecular complexity index is 580. The lowest BCUT2D eigenvalue weighted by molar-refractivity contribution is 1.22. The number of nitrogens with zero attached hydrogens (tertiary/aromatic N) is 3. The van der Waals surface area contributed by atoms with Gasteiger partial charge in [0.25, 0.3) is 0 Å². The van der Waals surface area contributed by atoms with Gasteiger partial charge in [-0.3, -0.25) is 0 Å². The van der Waals surface area contributed by atoms with Crippen LogP contribution in [0.5, 0.6) is 0 Å². The third kappa shape index (κ3) is 3.19. The average molecular weight is 253 g/mol. The van der Waals surface area contributed by atoms with Crippen LogP contribution in [-0.4, -0.2) is 6.26 Å². The summed E-state index contributed by atoms with van der Waals surface area (Å²) >= 11 is 1.69. The highest BCUT2D eigenvalue weighted by Crippen LogP contribution is 2.21. The van der Waals surface area contributed by atoms with Crippen LogP contribution < -0.4 is 0 Å². The Morgan fingerprint density at radius 3 is 1.83 bits per heavy atom. The van der Waals surface area contributed by atoms with Crippen molar-refractivity contribution in [1.29, 1.82) is 5.26 Å². The molecule has 0 aliphatic rings. The molecular weight excluding hydrogens is 242 g/mol. The molecule has 0 aliphatic heterocycles. The summed E-state index contributed by atoms with van der Waals surface area (Å²) in [6, 6.07) is 17.0. The van der Waals surface area contributed by atoms with Crippen molar-refractivity contribution in [2.45, 2.75) is 4.90 Å². The van der Waals surface area contributed by atoms with E-state index in [1.165, 1.54) is 4.90 Å². The highest BCUT2D eigenvalue weighted by atomic mass is 32.2. The second-order valence-electron chi connectivity index (χ2n) is 3.56. The van der Waals surface area contributed by atoms with Gasteiger partial charge in [-0.05, 0) is 54.8 Å². The molecule has 0 bridgehead atoms. The Balaban J connectivity index is 2.11. The molecule has 0 saturated heterocycles. The Hall–Kier alpha value is -2.12. The Labute approximate surface area is 110 Å². The van der Waals surface area contributed by atoms with E-state index in [1.54, 1.807) is 36.0 Å². The number of hydrogen-bond acceptors (Lipinski definition) is 4. The fourth-order valence-electron chi connectivity index (χ4n) is 1.37. The topological polar surface area (TPSA) is 48.5 Å². The van der Waals surface area contributed by atoms with Gasteiger partial charge in [0.05, 0.1) is 23.0 Å². The van der Waals surface area contributed by atoms with Crippen molar-refractivity contribution in [3.8, 4) is 6.07 Å². The van der Waals surface area contributed by atoms with Crippen LogP contribution in [0.2, 0.25) is 0 Å². The van der Waals surface area contributed by atoms with E-state index in [1.807, 2.05) is 30.5 Å². The number of nitriles is 1. The monoisotopic (exact) mass is 253 g/mol. The summed E-state index contributed by atoms with van der Waals surface area (Å²) in [5.41, 5.74) is 2.18. The number of hydrogen-bond donors (Lipinski definition) is 0. The molecule has 2 aromatic rings. The molecule has 0 N–H and O–H groups in total. The average Bonchev–Trinajstić information content (AvgIpc) is 2.46. The minimum absolute atomic E-state index is 0.623. The lowest BCUT2D eigenvalue weighted by Crippen LogP contribution is -1.71. The smallest absolute Gasteiger partial charge is 0.0991 e. The van der Waals surface area contributed by atoms with Crippen molar-refractivity contribution in [2.75, 3.05) is 6.26 Å². The first kappa shape index (κ1) is 12.3. The molecule has 4 heteroatoms. The Morgan fingerprint density at radius 1 is 0.889 bits per heavy atom. The van der Waals surface area contributed by atoms with Crippen LogP contribution in [0.25, 0.3) is 0 Å². The largest absolute Gasteiger partial charge is 0.192 e. The van der Waals surface area contributed by atoms with Crippen LogP contribution >= 0.6 is 11.8 Å². The minimum atomic E-state index is 0.623. The van der Waals surface area contributed by atoms with Gasteiger partial charge in [0, 0.05) is 4.90 Å². The molecule has 0 atom stereocenters. The first-order chi connectivity index (χ1) is 8.81. The molecule has 88 valence electrons. The standard InChI is InChI=1S/C14H11N3S/c1-18-14-8-6-13(7-9-14)17-16-12-4-2-11(10-15)3-5-12/h2-9H,1H3. The van der Waals surface area contributed by atoms with Crippen molar-refractivity contribution in [1.82, 2.24) is 0 Å². The van der Waals surface area contributed by atoms with Crippen molar-refractivity contribution in [3.05, 3.63) is 54.1 Å². The second-order valence-corrected chi connectivity index (χ2v) is 4.44. The van der Waals surface area contributed by atoms with Crippen LogP contribution in [0.4, 0.5) is 11.4 Å². The molecular formula is C14H11N3S. The van der Waals surface area contributed by atoms with Gasteiger partial charge in [0.15, 0.2) is 0 Å². The molecule has 0 radical (unpaired) electrons. The van der Waals surface area contributed by atoms with Crippen molar-refractivity contribution in [2.24, 2.45) is 10.2 Å². The highest BCUT2D eigenvalue weighted by Gasteiger charge is 1.93. The summed E-state index contributed by atoms with van der Waals surface area (Å²) in [7, 11) is 0. The summed E-state index contributed by atoms with van der Waals surface area (Å²) in [6.45, 7) is 0. The predicted octanol–water partition coefficient (Wildman–Crippen LogP) is 4.70. The molecule has 0 fully saturated rings. The highest BCUT2D eigenvalue weighted by molar-refractivity contribution is 7.98. The lowest BCUT2D eigenvalue weighted by Gasteiger charge is -1.96. The van der Waals surface area contributed by atoms with E-state index < -0.39 is 0 Å². The van der Waals surface area contributed by atoms with E-state index >= 15 is 0 Å². The van der Waals surface area contributed by atoms with Crippen molar-refractivity contribution >= 4 is 23.1 Å². The van der Waals surface area contributed by atoms with E-state index in [0.29, 0.717) is 5.56 Å². The van der Waals surface area contributed by atoms with Gasteiger partial charge in [-0.2, -0.15) is 15.5 Å². The Morgan fingerprint density at radius 2 is 1.39 bits per heavy atom. The van der Waals surface area contributed by atoms with E-state index in [0.717, 1.165) is 11.4 Å². The van der Waals surface area contributed by atoms with Gasteiger partial charge in [-0.1, -0.05) is 0 Å². The summed E-state index contributed by atoms with van der Waals surface area (Å²) in [4.78, 5) is 1.20. The molecule has 2 aromatic carbocycles. The van der Waals surface area contributed by atoms with Gasteiger partial charge in [0.2, 0.25) is 0 Å². The zero-order valence-electron chi connectivity index (χ0n) is 9.87. The molecule has 0 aliphatic carbocycles. The van der Waals surface area contributed by atoms with Gasteiger partial charge in [-0.25, -0.2) is 0 Å². The molecule has 0 saturated carbocycles. The number of thioether (sulfide) groups is 1. The van der Waals surface area contributed by atoms with Gasteiger partial charge >= 0.3 is 0 Å². The first-order valence-electron chi connectivity index (χ1n) is 5.38. The van der Waals surface area contributed by atoms with Crippen molar-refractivity contribution in [3.63, 3.8) is 0 Å². The van der Waals surface area contributed by atoms with Crippen LogP contribution in [0.1, 0.15) is 5.56 Å². The third-order valence-corrected chi connectivity index (χ3v) is 3.09. The number of rotatable bonds is 3. The zero-order valence-corrected chi connectivity index (χ0v) is 10.7. The molecule has 0 amide bonds. The normalized spacial score (nSPS) is 10.4. The van der Waals surface area contributed by atoms with E-state index in [4.69, 9.17) is 5.26 Å².